The second-order valence-electron chi connectivity index (χ2n) is 7.81. The molecular formula is C22H21F3N4O7S. The zero-order chi connectivity index (χ0) is 27.5. The van der Waals surface area contributed by atoms with Gasteiger partial charge in [0, 0.05) is 26.5 Å². The Hall–Kier alpha value is -4.27. The molecule has 0 fully saturated rings. The number of amides is 2. The van der Waals surface area contributed by atoms with Crippen molar-refractivity contribution < 1.29 is 45.8 Å². The Bertz CT molecular complexity index is 1440. The average Bonchev–Trinajstić information content (AvgIpc) is 3.34. The number of nitrogens with zero attached hydrogens (tertiary/aromatic N) is 2. The lowest BCUT2D eigenvalue weighted by Gasteiger charge is -2.09. The Morgan fingerprint density at radius 1 is 0.946 bits per heavy atom. The van der Waals surface area contributed by atoms with Crippen molar-refractivity contribution in [1.29, 1.82) is 0 Å². The van der Waals surface area contributed by atoms with Crippen molar-refractivity contribution in [1.82, 2.24) is 9.13 Å². The molecular weight excluding hydrogens is 521 g/mol. The number of hydrogen-bond donors (Lipinski definition) is 3. The second kappa shape index (κ2) is 10.4. The molecule has 0 saturated carbocycles. The first-order valence-corrected chi connectivity index (χ1v) is 12.0. The first kappa shape index (κ1) is 27.3. The number of anilines is 2. The molecule has 1 aromatic carbocycles. The molecule has 11 nitrogen and oxygen atoms in total. The maximum absolute atomic E-state index is 12.6. The molecule has 0 radical (unpaired) electrons. The number of carboxylic acids is 1. The van der Waals surface area contributed by atoms with Crippen LogP contribution in [-0.4, -0.2) is 53.0 Å². The minimum absolute atomic E-state index is 0.0346. The van der Waals surface area contributed by atoms with E-state index < -0.39 is 51.9 Å². The highest BCUT2D eigenvalue weighted by atomic mass is 32.2. The van der Waals surface area contributed by atoms with E-state index in [0.717, 1.165) is 12.1 Å². The van der Waals surface area contributed by atoms with E-state index in [1.54, 1.807) is 0 Å². The minimum atomic E-state index is -4.60. The van der Waals surface area contributed by atoms with E-state index in [1.165, 1.54) is 47.8 Å². The van der Waals surface area contributed by atoms with E-state index in [0.29, 0.717) is 12.1 Å². The number of carboxylic acid groups (broad SMARTS) is 1. The van der Waals surface area contributed by atoms with E-state index in [-0.39, 0.29) is 27.7 Å². The van der Waals surface area contributed by atoms with Crippen LogP contribution >= 0.6 is 0 Å². The smallest absolute Gasteiger partial charge is 0.416 e. The van der Waals surface area contributed by atoms with Crippen molar-refractivity contribution >= 4 is 39.2 Å². The number of sulfone groups is 1. The number of benzene rings is 1. The van der Waals surface area contributed by atoms with Gasteiger partial charge < -0.3 is 24.3 Å². The zero-order valence-corrected chi connectivity index (χ0v) is 20.2. The molecule has 0 aliphatic carbocycles. The number of carbonyl (C=O) groups is 3. The average molecular weight is 542 g/mol. The molecule has 37 heavy (non-hydrogen) atoms. The molecule has 0 unspecified atom stereocenters. The first-order chi connectivity index (χ1) is 17.2. The van der Waals surface area contributed by atoms with Crippen LogP contribution in [0.4, 0.5) is 29.3 Å². The van der Waals surface area contributed by atoms with Gasteiger partial charge in [-0.05, 0) is 36.4 Å². The van der Waals surface area contributed by atoms with Crippen LogP contribution in [0.3, 0.4) is 0 Å². The number of rotatable bonds is 8. The SMILES string of the molecule is Cn1cc(NC(=O)c2cc(NC(=O)OCCS(=O)(=O)c3ccc(C(F)(F)F)cc3)cn2C)cc1C(=O)O. The van der Waals surface area contributed by atoms with E-state index in [4.69, 9.17) is 9.84 Å². The standard InChI is InChI=1S/C22H21F3N4O7S/c1-28-12-15(9-17(28)19(30)26-14-10-18(20(31)32)29(2)11-14)27-21(33)36-7-8-37(34,35)16-5-3-13(4-6-16)22(23,24)25/h3-6,9-12H,7-8H2,1-2H3,(H,26,30)(H,27,33)(H,31,32). The number of ether oxygens (including phenoxy) is 1. The van der Waals surface area contributed by atoms with E-state index in [9.17, 15) is 36.0 Å². The van der Waals surface area contributed by atoms with Crippen LogP contribution in [0.1, 0.15) is 26.5 Å². The van der Waals surface area contributed by atoms with Crippen LogP contribution in [0.25, 0.3) is 0 Å². The molecule has 2 heterocycles. The van der Waals surface area contributed by atoms with Gasteiger partial charge in [0.1, 0.15) is 18.0 Å². The Labute approximate surface area is 208 Å². The monoisotopic (exact) mass is 542 g/mol. The lowest BCUT2D eigenvalue weighted by molar-refractivity contribution is -0.137. The lowest BCUT2D eigenvalue weighted by atomic mass is 10.2. The maximum Gasteiger partial charge on any atom is 0.416 e. The fourth-order valence-corrected chi connectivity index (χ4v) is 4.36. The fourth-order valence-electron chi connectivity index (χ4n) is 3.27. The van der Waals surface area contributed by atoms with E-state index in [1.807, 2.05) is 0 Å². The number of hydrogen-bond acceptors (Lipinski definition) is 6. The molecule has 2 amide bonds. The highest BCUT2D eigenvalue weighted by molar-refractivity contribution is 7.91. The van der Waals surface area contributed by atoms with Gasteiger partial charge in [-0.2, -0.15) is 13.2 Å². The van der Waals surface area contributed by atoms with Crippen LogP contribution in [0.15, 0.2) is 53.7 Å². The van der Waals surface area contributed by atoms with Crippen LogP contribution in [0.2, 0.25) is 0 Å². The molecule has 3 N–H and O–H groups in total. The summed E-state index contributed by atoms with van der Waals surface area (Å²) in [6.45, 7) is -0.574. The number of nitrogens with one attached hydrogen (secondary N) is 2. The number of carbonyl (C=O) groups excluding carboxylic acids is 2. The normalized spacial score (nSPS) is 11.7. The third-order valence-electron chi connectivity index (χ3n) is 5.09. The third-order valence-corrected chi connectivity index (χ3v) is 6.79. The Morgan fingerprint density at radius 2 is 1.49 bits per heavy atom. The molecule has 198 valence electrons. The maximum atomic E-state index is 12.6. The molecule has 3 aromatic rings. The molecule has 0 atom stereocenters. The van der Waals surface area contributed by atoms with Crippen molar-refractivity contribution in [3.05, 3.63) is 65.7 Å². The van der Waals surface area contributed by atoms with Crippen molar-refractivity contribution in [2.45, 2.75) is 11.1 Å². The summed E-state index contributed by atoms with van der Waals surface area (Å²) < 4.78 is 70.1. The zero-order valence-electron chi connectivity index (χ0n) is 19.4. The first-order valence-electron chi connectivity index (χ1n) is 10.4. The van der Waals surface area contributed by atoms with Crippen LogP contribution < -0.4 is 10.6 Å². The summed E-state index contributed by atoms with van der Waals surface area (Å²) in [6, 6.07) is 5.54. The van der Waals surface area contributed by atoms with Gasteiger partial charge in [-0.15, -0.1) is 0 Å². The van der Waals surface area contributed by atoms with Crippen LogP contribution in [0.5, 0.6) is 0 Å². The lowest BCUT2D eigenvalue weighted by Crippen LogP contribution is -2.19. The Balaban J connectivity index is 1.55. The van der Waals surface area contributed by atoms with Gasteiger partial charge in [0.25, 0.3) is 5.91 Å². The van der Waals surface area contributed by atoms with Gasteiger partial charge in [0.15, 0.2) is 9.84 Å². The summed E-state index contributed by atoms with van der Waals surface area (Å²) in [5.74, 6) is -2.42. The molecule has 15 heteroatoms. The van der Waals surface area contributed by atoms with Gasteiger partial charge in [-0.3, -0.25) is 10.1 Å². The summed E-state index contributed by atoms with van der Waals surface area (Å²) >= 11 is 0. The molecule has 0 aliphatic rings. The molecule has 2 aromatic heterocycles. The van der Waals surface area contributed by atoms with E-state index in [2.05, 4.69) is 10.6 Å². The van der Waals surface area contributed by atoms with Crippen molar-refractivity contribution in [3.63, 3.8) is 0 Å². The highest BCUT2D eigenvalue weighted by Gasteiger charge is 2.30. The third kappa shape index (κ3) is 6.69. The number of aromatic nitrogens is 2. The Morgan fingerprint density at radius 3 is 2.03 bits per heavy atom. The van der Waals surface area contributed by atoms with Crippen LogP contribution in [-0.2, 0) is 34.8 Å². The summed E-state index contributed by atoms with van der Waals surface area (Å²) in [5.41, 5.74) is -0.517. The van der Waals surface area contributed by atoms with Crippen molar-refractivity contribution in [2.24, 2.45) is 14.1 Å². The van der Waals surface area contributed by atoms with Crippen molar-refractivity contribution in [3.8, 4) is 0 Å². The summed E-state index contributed by atoms with van der Waals surface area (Å²) in [7, 11) is -0.982. The Kier molecular flexibility index (Phi) is 7.66. The topological polar surface area (TPSA) is 149 Å². The molecule has 0 spiro atoms. The largest absolute Gasteiger partial charge is 0.477 e. The van der Waals surface area contributed by atoms with Gasteiger partial charge in [-0.1, -0.05) is 0 Å². The summed E-state index contributed by atoms with van der Waals surface area (Å²) in [4.78, 5) is 35.4. The fraction of sp³-hybridized carbons (Fsp3) is 0.227. The quantitative estimate of drug-likeness (QED) is 0.395. The number of aromatic carboxylic acids is 1. The van der Waals surface area contributed by atoms with Gasteiger partial charge in [0.2, 0.25) is 0 Å². The second-order valence-corrected chi connectivity index (χ2v) is 9.92. The minimum Gasteiger partial charge on any atom is -0.477 e. The molecule has 0 saturated heterocycles. The molecule has 3 rings (SSSR count). The highest BCUT2D eigenvalue weighted by Crippen LogP contribution is 2.29. The van der Waals surface area contributed by atoms with Gasteiger partial charge in [0.05, 0.1) is 27.6 Å². The van der Waals surface area contributed by atoms with E-state index >= 15 is 0 Å². The molecule has 0 aliphatic heterocycles. The number of alkyl halides is 3. The summed E-state index contributed by atoms with van der Waals surface area (Å²) in [6.07, 6.45) is -2.82. The van der Waals surface area contributed by atoms with Gasteiger partial charge in [-0.25, -0.2) is 18.0 Å². The molecule has 0 bridgehead atoms. The van der Waals surface area contributed by atoms with Gasteiger partial charge >= 0.3 is 18.2 Å². The number of halogens is 3. The van der Waals surface area contributed by atoms with Crippen LogP contribution in [0, 0.1) is 0 Å². The summed E-state index contributed by atoms with van der Waals surface area (Å²) in [5, 5.41) is 14.0. The number of aryl methyl sites for hydroxylation is 2. The van der Waals surface area contributed by atoms with Crippen molar-refractivity contribution in [2.75, 3.05) is 23.0 Å². The predicted octanol–water partition coefficient (Wildman–Crippen LogP) is 3.36. The predicted molar refractivity (Wildman–Crippen MR) is 124 cm³/mol.